The van der Waals surface area contributed by atoms with Crippen molar-refractivity contribution < 1.29 is 9.90 Å². The fourth-order valence-electron chi connectivity index (χ4n) is 2.92. The summed E-state index contributed by atoms with van der Waals surface area (Å²) in [6.07, 6.45) is 5.39. The van der Waals surface area contributed by atoms with E-state index in [1.54, 1.807) is 14.0 Å². The first-order valence-electron chi connectivity index (χ1n) is 7.12. The molecule has 4 heteroatoms. The molecule has 0 amide bonds. The summed E-state index contributed by atoms with van der Waals surface area (Å²) in [7, 11) is 1.72. The zero-order valence-electron chi connectivity index (χ0n) is 12.2. The zero-order valence-corrected chi connectivity index (χ0v) is 12.2. The van der Waals surface area contributed by atoms with Gasteiger partial charge in [-0.1, -0.05) is 6.92 Å². The van der Waals surface area contributed by atoms with Gasteiger partial charge in [0.2, 0.25) is 0 Å². The van der Waals surface area contributed by atoms with Crippen LogP contribution in [0.15, 0.2) is 0 Å². The lowest BCUT2D eigenvalue weighted by atomic mass is 9.96. The fraction of sp³-hybridized carbons (Fsp3) is 0.929. The molecule has 1 aliphatic heterocycles. The van der Waals surface area contributed by atoms with Crippen LogP contribution in [-0.2, 0) is 4.79 Å². The molecule has 3 atom stereocenters. The van der Waals surface area contributed by atoms with Gasteiger partial charge in [-0.05, 0) is 59.5 Å². The first-order chi connectivity index (χ1) is 8.44. The Balaban J connectivity index is 2.43. The van der Waals surface area contributed by atoms with Crippen molar-refractivity contribution in [3.63, 3.8) is 0 Å². The normalized spacial score (nSPS) is 28.2. The monoisotopic (exact) mass is 256 g/mol. The second-order valence-electron chi connectivity index (χ2n) is 5.72. The van der Waals surface area contributed by atoms with Crippen LogP contribution >= 0.6 is 0 Å². The van der Waals surface area contributed by atoms with E-state index in [1.807, 2.05) is 0 Å². The molecule has 1 saturated heterocycles. The predicted molar refractivity (Wildman–Crippen MR) is 73.8 cm³/mol. The molecule has 0 spiro atoms. The molecular weight excluding hydrogens is 228 g/mol. The Kier molecular flexibility index (Phi) is 5.60. The largest absolute Gasteiger partial charge is 0.480 e. The summed E-state index contributed by atoms with van der Waals surface area (Å²) < 4.78 is 0. The molecule has 2 N–H and O–H groups in total. The Labute approximate surface area is 111 Å². The van der Waals surface area contributed by atoms with Gasteiger partial charge in [-0.2, -0.15) is 0 Å². The molecule has 0 saturated carbocycles. The van der Waals surface area contributed by atoms with Crippen LogP contribution in [0.2, 0.25) is 0 Å². The molecule has 106 valence electrons. The second kappa shape index (κ2) is 6.53. The van der Waals surface area contributed by atoms with Gasteiger partial charge in [-0.15, -0.1) is 0 Å². The van der Waals surface area contributed by atoms with Crippen molar-refractivity contribution in [1.29, 1.82) is 0 Å². The summed E-state index contributed by atoms with van der Waals surface area (Å²) >= 11 is 0. The predicted octanol–water partition coefficient (Wildman–Crippen LogP) is 2.09. The van der Waals surface area contributed by atoms with Crippen molar-refractivity contribution in [2.75, 3.05) is 13.6 Å². The summed E-state index contributed by atoms with van der Waals surface area (Å²) in [6.45, 7) is 7.30. The number of hydrogen-bond acceptors (Lipinski definition) is 3. The lowest BCUT2D eigenvalue weighted by Gasteiger charge is -2.30. The lowest BCUT2D eigenvalue weighted by Crippen LogP contribution is -2.48. The molecule has 0 aromatic rings. The minimum Gasteiger partial charge on any atom is -0.480 e. The van der Waals surface area contributed by atoms with Gasteiger partial charge in [0.15, 0.2) is 0 Å². The SMILES string of the molecule is CCC1CCC(C)N1CCCC(C)(NC)C(=O)O. The molecule has 3 unspecified atom stereocenters. The number of carboxylic acid groups (broad SMARTS) is 1. The first-order valence-corrected chi connectivity index (χ1v) is 7.12. The van der Waals surface area contributed by atoms with Gasteiger partial charge in [0.05, 0.1) is 0 Å². The second-order valence-corrected chi connectivity index (χ2v) is 5.72. The maximum Gasteiger partial charge on any atom is 0.323 e. The van der Waals surface area contributed by atoms with Crippen LogP contribution in [0, 0.1) is 0 Å². The summed E-state index contributed by atoms with van der Waals surface area (Å²) in [5.74, 6) is -0.758. The quantitative estimate of drug-likeness (QED) is 0.732. The highest BCUT2D eigenvalue weighted by atomic mass is 16.4. The number of rotatable bonds is 7. The van der Waals surface area contributed by atoms with Gasteiger partial charge in [-0.25, -0.2) is 0 Å². The number of hydrogen-bond donors (Lipinski definition) is 2. The summed E-state index contributed by atoms with van der Waals surface area (Å²) in [4.78, 5) is 13.7. The van der Waals surface area contributed by atoms with E-state index in [0.29, 0.717) is 18.5 Å². The van der Waals surface area contributed by atoms with Crippen LogP contribution in [0.5, 0.6) is 0 Å². The Morgan fingerprint density at radius 2 is 2.17 bits per heavy atom. The van der Waals surface area contributed by atoms with Crippen molar-refractivity contribution in [2.45, 2.75) is 70.5 Å². The Morgan fingerprint density at radius 3 is 2.67 bits per heavy atom. The van der Waals surface area contributed by atoms with Gasteiger partial charge in [0.1, 0.15) is 5.54 Å². The third-order valence-electron chi connectivity index (χ3n) is 4.54. The van der Waals surface area contributed by atoms with Gasteiger partial charge in [-0.3, -0.25) is 9.69 Å². The molecule has 1 fully saturated rings. The third kappa shape index (κ3) is 3.45. The molecule has 18 heavy (non-hydrogen) atoms. The molecular formula is C14H28N2O2. The van der Waals surface area contributed by atoms with Crippen LogP contribution in [0.25, 0.3) is 0 Å². The molecule has 1 aliphatic rings. The highest BCUT2D eigenvalue weighted by Crippen LogP contribution is 2.26. The van der Waals surface area contributed by atoms with Gasteiger partial charge in [0, 0.05) is 12.1 Å². The molecule has 4 nitrogen and oxygen atoms in total. The number of nitrogens with one attached hydrogen (secondary N) is 1. The van der Waals surface area contributed by atoms with Crippen molar-refractivity contribution in [3.8, 4) is 0 Å². The van der Waals surface area contributed by atoms with E-state index in [4.69, 9.17) is 0 Å². The van der Waals surface area contributed by atoms with Crippen molar-refractivity contribution in [3.05, 3.63) is 0 Å². The number of likely N-dealkylation sites (tertiary alicyclic amines) is 1. The molecule has 1 heterocycles. The van der Waals surface area contributed by atoms with Gasteiger partial charge < -0.3 is 10.4 Å². The van der Waals surface area contributed by atoms with E-state index in [-0.39, 0.29) is 0 Å². The van der Waals surface area contributed by atoms with E-state index in [2.05, 4.69) is 24.1 Å². The first kappa shape index (κ1) is 15.4. The highest BCUT2D eigenvalue weighted by molar-refractivity contribution is 5.78. The lowest BCUT2D eigenvalue weighted by molar-refractivity contribution is -0.144. The fourth-order valence-corrected chi connectivity index (χ4v) is 2.92. The Bertz CT molecular complexity index is 283. The van der Waals surface area contributed by atoms with Crippen LogP contribution in [-0.4, -0.2) is 47.2 Å². The third-order valence-corrected chi connectivity index (χ3v) is 4.54. The Morgan fingerprint density at radius 1 is 1.50 bits per heavy atom. The molecule has 0 aromatic heterocycles. The van der Waals surface area contributed by atoms with Crippen molar-refractivity contribution >= 4 is 5.97 Å². The number of carbonyl (C=O) groups is 1. The van der Waals surface area contributed by atoms with E-state index in [9.17, 15) is 9.90 Å². The summed E-state index contributed by atoms with van der Waals surface area (Å²) in [5.41, 5.74) is -0.787. The molecule has 0 aliphatic carbocycles. The van der Waals surface area contributed by atoms with Crippen LogP contribution in [0.3, 0.4) is 0 Å². The topological polar surface area (TPSA) is 52.6 Å². The average Bonchev–Trinajstić information content (AvgIpc) is 2.70. The van der Waals surface area contributed by atoms with E-state index in [1.165, 1.54) is 19.3 Å². The van der Waals surface area contributed by atoms with Crippen LogP contribution in [0.1, 0.15) is 52.9 Å². The van der Waals surface area contributed by atoms with Crippen molar-refractivity contribution in [1.82, 2.24) is 10.2 Å². The Hall–Kier alpha value is -0.610. The zero-order chi connectivity index (χ0) is 13.8. The highest BCUT2D eigenvalue weighted by Gasteiger charge is 2.32. The molecule has 0 radical (unpaired) electrons. The van der Waals surface area contributed by atoms with Gasteiger partial charge in [0.25, 0.3) is 0 Å². The minimum absolute atomic E-state index is 0.653. The number of likely N-dealkylation sites (N-methyl/N-ethyl adjacent to an activating group) is 1. The van der Waals surface area contributed by atoms with Crippen molar-refractivity contribution in [2.24, 2.45) is 0 Å². The van der Waals surface area contributed by atoms with E-state index >= 15 is 0 Å². The molecule has 0 bridgehead atoms. The van der Waals surface area contributed by atoms with Gasteiger partial charge >= 0.3 is 5.97 Å². The average molecular weight is 256 g/mol. The smallest absolute Gasteiger partial charge is 0.323 e. The maximum absolute atomic E-state index is 11.2. The van der Waals surface area contributed by atoms with Crippen LogP contribution in [0.4, 0.5) is 0 Å². The standard InChI is InChI=1S/C14H28N2O2/c1-5-12-8-7-11(2)16(12)10-6-9-14(3,15-4)13(17)18/h11-12,15H,5-10H2,1-4H3,(H,17,18). The maximum atomic E-state index is 11.2. The summed E-state index contributed by atoms with van der Waals surface area (Å²) in [5, 5.41) is 12.1. The van der Waals surface area contributed by atoms with E-state index < -0.39 is 11.5 Å². The number of carboxylic acids is 1. The molecule has 0 aromatic carbocycles. The number of aliphatic carboxylic acids is 1. The van der Waals surface area contributed by atoms with Crippen LogP contribution < -0.4 is 5.32 Å². The number of nitrogens with zero attached hydrogens (tertiary/aromatic N) is 1. The van der Waals surface area contributed by atoms with E-state index in [0.717, 1.165) is 13.0 Å². The minimum atomic E-state index is -0.787. The summed E-state index contributed by atoms with van der Waals surface area (Å²) in [6, 6.07) is 1.35. The molecule has 1 rings (SSSR count).